The van der Waals surface area contributed by atoms with Crippen molar-refractivity contribution >= 4 is 11.7 Å². The molecule has 0 amide bonds. The van der Waals surface area contributed by atoms with Crippen LogP contribution in [0, 0.1) is 0 Å². The zero-order valence-corrected chi connectivity index (χ0v) is 8.74. The molecule has 6 heteroatoms. The number of ether oxygens (including phenoxy) is 1. The number of anilines is 1. The van der Waals surface area contributed by atoms with Crippen molar-refractivity contribution in [3.63, 3.8) is 0 Å². The first-order chi connectivity index (χ1) is 7.54. The third-order valence-electron chi connectivity index (χ3n) is 1.89. The Labute approximate surface area is 91.4 Å². The molecule has 0 radical (unpaired) electrons. The Morgan fingerprint density at radius 3 is 2.81 bits per heavy atom. The second-order valence-electron chi connectivity index (χ2n) is 3.09. The Morgan fingerprint density at radius 1 is 1.62 bits per heavy atom. The molecule has 0 aliphatic rings. The molecule has 0 saturated carbocycles. The number of alkyl halides is 2. The first-order valence-corrected chi connectivity index (χ1v) is 4.72. The molecule has 1 heterocycles. The van der Waals surface area contributed by atoms with Gasteiger partial charge >= 0.3 is 5.97 Å². The Morgan fingerprint density at radius 2 is 2.31 bits per heavy atom. The van der Waals surface area contributed by atoms with Crippen molar-refractivity contribution < 1.29 is 18.3 Å². The van der Waals surface area contributed by atoms with Gasteiger partial charge in [-0.1, -0.05) is 0 Å². The van der Waals surface area contributed by atoms with Crippen LogP contribution in [0.1, 0.15) is 24.6 Å². The topological polar surface area (TPSA) is 65.2 Å². The van der Waals surface area contributed by atoms with Crippen LogP contribution in [0.5, 0.6) is 0 Å². The van der Waals surface area contributed by atoms with Crippen LogP contribution in [0.2, 0.25) is 0 Å². The van der Waals surface area contributed by atoms with E-state index in [1.54, 1.807) is 6.92 Å². The average Bonchev–Trinajstić information content (AvgIpc) is 2.17. The van der Waals surface area contributed by atoms with Crippen LogP contribution >= 0.6 is 0 Å². The molecule has 16 heavy (non-hydrogen) atoms. The first kappa shape index (κ1) is 12.4. The molecule has 1 aromatic rings. The molecule has 0 spiro atoms. The number of nitrogens with two attached hydrogens (primary N) is 1. The number of nitrogen functional groups attached to an aromatic ring is 1. The summed E-state index contributed by atoms with van der Waals surface area (Å²) in [5.41, 5.74) is 5.33. The van der Waals surface area contributed by atoms with E-state index >= 15 is 0 Å². The van der Waals surface area contributed by atoms with Gasteiger partial charge in [0.25, 0.3) is 6.43 Å². The SMILES string of the molecule is CCOC(=O)Cc1cc(N)c(C(F)F)cn1. The molecule has 0 saturated heterocycles. The van der Waals surface area contributed by atoms with E-state index in [4.69, 9.17) is 10.5 Å². The van der Waals surface area contributed by atoms with Crippen LogP contribution < -0.4 is 5.73 Å². The van der Waals surface area contributed by atoms with Gasteiger partial charge in [0.15, 0.2) is 0 Å². The second-order valence-corrected chi connectivity index (χ2v) is 3.09. The smallest absolute Gasteiger partial charge is 0.311 e. The van der Waals surface area contributed by atoms with E-state index in [9.17, 15) is 13.6 Å². The Hall–Kier alpha value is -1.72. The summed E-state index contributed by atoms with van der Waals surface area (Å²) in [4.78, 5) is 14.8. The Bertz CT molecular complexity index is 383. The van der Waals surface area contributed by atoms with Gasteiger partial charge in [0.2, 0.25) is 0 Å². The maximum Gasteiger partial charge on any atom is 0.311 e. The summed E-state index contributed by atoms with van der Waals surface area (Å²) >= 11 is 0. The van der Waals surface area contributed by atoms with Crippen molar-refractivity contribution in [1.29, 1.82) is 0 Å². The number of carbonyl (C=O) groups excluding carboxylic acids is 1. The number of hydrogen-bond donors (Lipinski definition) is 1. The lowest BCUT2D eigenvalue weighted by molar-refractivity contribution is -0.142. The van der Waals surface area contributed by atoms with Crippen LogP contribution in [0.15, 0.2) is 12.3 Å². The number of carbonyl (C=O) groups is 1. The highest BCUT2D eigenvalue weighted by Gasteiger charge is 2.13. The van der Waals surface area contributed by atoms with Crippen molar-refractivity contribution in [1.82, 2.24) is 4.98 Å². The number of pyridine rings is 1. The van der Waals surface area contributed by atoms with Gasteiger partial charge in [0.05, 0.1) is 24.3 Å². The normalized spacial score (nSPS) is 10.5. The summed E-state index contributed by atoms with van der Waals surface area (Å²) in [7, 11) is 0. The number of esters is 1. The zero-order chi connectivity index (χ0) is 12.1. The molecule has 0 unspecified atom stereocenters. The van der Waals surface area contributed by atoms with E-state index in [2.05, 4.69) is 4.98 Å². The van der Waals surface area contributed by atoms with Gasteiger partial charge < -0.3 is 10.5 Å². The van der Waals surface area contributed by atoms with E-state index in [0.29, 0.717) is 5.69 Å². The number of aromatic nitrogens is 1. The predicted octanol–water partition coefficient (Wildman–Crippen LogP) is 1.71. The summed E-state index contributed by atoms with van der Waals surface area (Å²) < 4.78 is 29.4. The standard InChI is InChI=1S/C10H12F2N2O2/c1-2-16-9(15)4-6-3-8(13)7(5-14-6)10(11)12/h3,5,10H,2,4H2,1H3,(H2,13,14). The summed E-state index contributed by atoms with van der Waals surface area (Å²) in [6, 6.07) is 1.26. The third kappa shape index (κ3) is 3.15. The number of halogens is 2. The third-order valence-corrected chi connectivity index (χ3v) is 1.89. The molecule has 0 fully saturated rings. The summed E-state index contributed by atoms with van der Waals surface area (Å²) in [6.45, 7) is 1.95. The number of nitrogens with zero attached hydrogens (tertiary/aromatic N) is 1. The van der Waals surface area contributed by atoms with Gasteiger partial charge in [-0.2, -0.15) is 0 Å². The molecule has 2 N–H and O–H groups in total. The molecule has 0 aliphatic heterocycles. The van der Waals surface area contributed by atoms with Crippen molar-refractivity contribution in [3.8, 4) is 0 Å². The Kier molecular flexibility index (Phi) is 4.16. The molecule has 1 aromatic heterocycles. The van der Waals surface area contributed by atoms with Crippen molar-refractivity contribution in [2.45, 2.75) is 19.8 Å². The quantitative estimate of drug-likeness (QED) is 0.799. The molecule has 0 atom stereocenters. The van der Waals surface area contributed by atoms with Crippen molar-refractivity contribution in [3.05, 3.63) is 23.5 Å². The highest BCUT2D eigenvalue weighted by molar-refractivity contribution is 5.72. The fraction of sp³-hybridized carbons (Fsp3) is 0.400. The van der Waals surface area contributed by atoms with Crippen LogP contribution in [0.25, 0.3) is 0 Å². The van der Waals surface area contributed by atoms with Crippen LogP contribution in [0.4, 0.5) is 14.5 Å². The lowest BCUT2D eigenvalue weighted by Crippen LogP contribution is -2.09. The molecule has 88 valence electrons. The lowest BCUT2D eigenvalue weighted by Gasteiger charge is -2.06. The van der Waals surface area contributed by atoms with E-state index in [0.717, 1.165) is 6.20 Å². The van der Waals surface area contributed by atoms with E-state index < -0.39 is 12.4 Å². The minimum atomic E-state index is -2.66. The largest absolute Gasteiger partial charge is 0.466 e. The molecular formula is C10H12F2N2O2. The zero-order valence-electron chi connectivity index (χ0n) is 8.74. The monoisotopic (exact) mass is 230 g/mol. The van der Waals surface area contributed by atoms with Gasteiger partial charge in [-0.3, -0.25) is 9.78 Å². The van der Waals surface area contributed by atoms with Crippen LogP contribution in [0.3, 0.4) is 0 Å². The van der Waals surface area contributed by atoms with Gasteiger partial charge in [0.1, 0.15) is 0 Å². The van der Waals surface area contributed by atoms with E-state index in [-0.39, 0.29) is 24.3 Å². The van der Waals surface area contributed by atoms with Gasteiger partial charge in [0, 0.05) is 11.9 Å². The maximum absolute atomic E-state index is 12.3. The molecule has 1 rings (SSSR count). The van der Waals surface area contributed by atoms with Gasteiger partial charge in [-0.15, -0.1) is 0 Å². The molecule has 0 aliphatic carbocycles. The van der Waals surface area contributed by atoms with Crippen LogP contribution in [-0.2, 0) is 16.0 Å². The maximum atomic E-state index is 12.3. The summed E-state index contributed by atoms with van der Waals surface area (Å²) in [6.07, 6.45) is -1.75. The molecular weight excluding hydrogens is 218 g/mol. The van der Waals surface area contributed by atoms with E-state index in [1.807, 2.05) is 0 Å². The second kappa shape index (κ2) is 5.39. The molecule has 0 aromatic carbocycles. The van der Waals surface area contributed by atoms with Crippen molar-refractivity contribution in [2.75, 3.05) is 12.3 Å². The predicted molar refractivity (Wildman–Crippen MR) is 53.9 cm³/mol. The van der Waals surface area contributed by atoms with E-state index in [1.165, 1.54) is 6.07 Å². The highest BCUT2D eigenvalue weighted by Crippen LogP contribution is 2.24. The molecule has 4 nitrogen and oxygen atoms in total. The molecule has 0 bridgehead atoms. The first-order valence-electron chi connectivity index (χ1n) is 4.72. The average molecular weight is 230 g/mol. The fourth-order valence-corrected chi connectivity index (χ4v) is 1.17. The fourth-order valence-electron chi connectivity index (χ4n) is 1.17. The number of hydrogen-bond acceptors (Lipinski definition) is 4. The summed E-state index contributed by atoms with van der Waals surface area (Å²) in [5.74, 6) is -0.459. The van der Waals surface area contributed by atoms with Crippen LogP contribution in [-0.4, -0.2) is 17.6 Å². The summed E-state index contributed by atoms with van der Waals surface area (Å²) in [5, 5.41) is 0. The minimum Gasteiger partial charge on any atom is -0.466 e. The van der Waals surface area contributed by atoms with Gasteiger partial charge in [-0.05, 0) is 13.0 Å². The minimum absolute atomic E-state index is 0.0655. The number of rotatable bonds is 4. The van der Waals surface area contributed by atoms with Crippen molar-refractivity contribution in [2.24, 2.45) is 0 Å². The Balaban J connectivity index is 2.77. The lowest BCUT2D eigenvalue weighted by atomic mass is 10.2. The van der Waals surface area contributed by atoms with Gasteiger partial charge in [-0.25, -0.2) is 8.78 Å². The highest BCUT2D eigenvalue weighted by atomic mass is 19.3.